The Balaban J connectivity index is 0.00000353. The molecule has 2 saturated heterocycles. The van der Waals surface area contributed by atoms with E-state index in [1.807, 2.05) is 60.7 Å². The van der Waals surface area contributed by atoms with Crippen LogP contribution >= 0.6 is 11.8 Å². The molecule has 3 heterocycles. The largest absolute Gasteiger partial charge is 1.00 e. The standard InChI is InChI=1S/C27H25N3O7S.Na/c1-15(31)37-13-17-14-38-26-21(25(34)30(26)23(17)27(35)36)28-20(32)12-19-22(16-8-4-2-5-9-16)29(24(19)33)18-10-6-3-7-11-18;/h2-11,19,21-22,26H,12-14H2,1H3,(H,28,32)(H,35,36);/q;+1/p-1/t19?,21-,22?,26-;/m1./s1. The SMILES string of the molecule is CC(=O)OCC1=C(C(=O)[O-])N2C(=O)[C@@H](NC(=O)CC3C(=O)N(c4ccccc4)C3c3ccccc3)[C@H]2SC1.[Na+]. The summed E-state index contributed by atoms with van der Waals surface area (Å²) >= 11 is 1.26. The van der Waals surface area contributed by atoms with Crippen LogP contribution in [0, 0.1) is 5.92 Å². The van der Waals surface area contributed by atoms with Gasteiger partial charge in [0.25, 0.3) is 5.91 Å². The normalized spacial score (nSPS) is 23.6. The molecule has 0 saturated carbocycles. The second-order valence-electron chi connectivity index (χ2n) is 9.18. The van der Waals surface area contributed by atoms with Gasteiger partial charge in [-0.15, -0.1) is 11.8 Å². The molecule has 0 aliphatic carbocycles. The second kappa shape index (κ2) is 12.0. The van der Waals surface area contributed by atoms with Crippen molar-refractivity contribution in [2.75, 3.05) is 17.3 Å². The molecule has 1 N–H and O–H groups in total. The first kappa shape index (κ1) is 28.9. The summed E-state index contributed by atoms with van der Waals surface area (Å²) < 4.78 is 4.91. The number of anilines is 1. The minimum Gasteiger partial charge on any atom is -0.543 e. The summed E-state index contributed by atoms with van der Waals surface area (Å²) in [6.07, 6.45) is -0.121. The fourth-order valence-electron chi connectivity index (χ4n) is 5.06. The van der Waals surface area contributed by atoms with Crippen molar-refractivity contribution in [2.24, 2.45) is 5.92 Å². The van der Waals surface area contributed by atoms with Crippen molar-refractivity contribution >= 4 is 47.1 Å². The number of esters is 1. The molecule has 5 rings (SSSR count). The average molecular weight is 558 g/mol. The number of hydrogen-bond acceptors (Lipinski definition) is 8. The number of β-lactam (4-membered cyclic amide) rings is 2. The summed E-state index contributed by atoms with van der Waals surface area (Å²) in [5.74, 6) is -3.81. The van der Waals surface area contributed by atoms with Crippen molar-refractivity contribution in [3.05, 3.63) is 77.5 Å². The molecule has 3 amide bonds. The minimum atomic E-state index is -1.55. The number of carbonyl (C=O) groups excluding carboxylic acids is 5. The molecule has 39 heavy (non-hydrogen) atoms. The van der Waals surface area contributed by atoms with Gasteiger partial charge in [0.1, 0.15) is 18.0 Å². The number of benzene rings is 2. The van der Waals surface area contributed by atoms with Crippen LogP contribution in [-0.2, 0) is 28.7 Å². The van der Waals surface area contributed by atoms with E-state index in [-0.39, 0.29) is 71.6 Å². The molecule has 3 aliphatic rings. The van der Waals surface area contributed by atoms with Gasteiger partial charge in [0.2, 0.25) is 11.8 Å². The zero-order chi connectivity index (χ0) is 27.0. The Labute approximate surface area is 251 Å². The number of amides is 3. The Morgan fingerprint density at radius 3 is 2.26 bits per heavy atom. The first-order chi connectivity index (χ1) is 18.3. The van der Waals surface area contributed by atoms with Crippen LogP contribution in [0.25, 0.3) is 0 Å². The van der Waals surface area contributed by atoms with Crippen LogP contribution < -0.4 is 44.9 Å². The van der Waals surface area contributed by atoms with E-state index < -0.39 is 41.1 Å². The number of para-hydroxylation sites is 1. The molecule has 4 atom stereocenters. The number of thioether (sulfide) groups is 1. The number of ether oxygens (including phenoxy) is 1. The molecule has 2 fully saturated rings. The van der Waals surface area contributed by atoms with Gasteiger partial charge in [-0.25, -0.2) is 0 Å². The average Bonchev–Trinajstić information content (AvgIpc) is 2.92. The van der Waals surface area contributed by atoms with E-state index >= 15 is 0 Å². The number of carboxylic acids is 1. The van der Waals surface area contributed by atoms with E-state index in [2.05, 4.69) is 5.32 Å². The molecule has 2 unspecified atom stereocenters. The summed E-state index contributed by atoms with van der Waals surface area (Å²) in [6.45, 7) is 0.939. The second-order valence-corrected chi connectivity index (χ2v) is 10.3. The van der Waals surface area contributed by atoms with Gasteiger partial charge in [0, 0.05) is 30.4 Å². The molecule has 0 radical (unpaired) electrons. The molecule has 0 aromatic heterocycles. The van der Waals surface area contributed by atoms with Crippen LogP contribution in [-0.4, -0.2) is 58.3 Å². The van der Waals surface area contributed by atoms with Crippen molar-refractivity contribution in [1.82, 2.24) is 10.2 Å². The third-order valence-electron chi connectivity index (χ3n) is 6.80. The van der Waals surface area contributed by atoms with E-state index in [0.717, 1.165) is 16.2 Å². The van der Waals surface area contributed by atoms with Gasteiger partial charge in [0.15, 0.2) is 0 Å². The maximum absolute atomic E-state index is 13.2. The maximum atomic E-state index is 13.2. The number of carboxylic acid groups (broad SMARTS) is 1. The first-order valence-electron chi connectivity index (χ1n) is 12.0. The maximum Gasteiger partial charge on any atom is 1.00 e. The predicted molar refractivity (Wildman–Crippen MR) is 135 cm³/mol. The van der Waals surface area contributed by atoms with Gasteiger partial charge in [-0.05, 0) is 17.7 Å². The molecule has 2 aromatic rings. The molecule has 0 spiro atoms. The molecule has 3 aliphatic heterocycles. The molecule has 196 valence electrons. The molecular formula is C27H24N3NaO7S. The zero-order valence-electron chi connectivity index (χ0n) is 21.4. The van der Waals surface area contributed by atoms with Crippen LogP contribution in [0.15, 0.2) is 71.9 Å². The number of nitrogens with one attached hydrogen (secondary N) is 1. The minimum absolute atomic E-state index is 0. The number of nitrogens with zero attached hydrogens (tertiary/aromatic N) is 2. The van der Waals surface area contributed by atoms with Gasteiger partial charge in [-0.1, -0.05) is 48.5 Å². The smallest absolute Gasteiger partial charge is 0.543 e. The monoisotopic (exact) mass is 557 g/mol. The van der Waals surface area contributed by atoms with Gasteiger partial charge in [-0.3, -0.25) is 24.1 Å². The van der Waals surface area contributed by atoms with Crippen molar-refractivity contribution < 1.29 is 63.4 Å². The summed E-state index contributed by atoms with van der Waals surface area (Å²) in [5, 5.41) is 13.8. The third-order valence-corrected chi connectivity index (χ3v) is 8.14. The molecule has 0 bridgehead atoms. The van der Waals surface area contributed by atoms with Gasteiger partial charge in [-0.2, -0.15) is 0 Å². The van der Waals surface area contributed by atoms with Crippen LogP contribution in [0.2, 0.25) is 0 Å². The number of rotatable bonds is 8. The number of carbonyl (C=O) groups is 5. The quantitative estimate of drug-likeness (QED) is 0.219. The van der Waals surface area contributed by atoms with Gasteiger partial charge in [0.05, 0.1) is 23.6 Å². The Hall–Kier alpha value is -3.12. The Morgan fingerprint density at radius 2 is 1.64 bits per heavy atom. The summed E-state index contributed by atoms with van der Waals surface area (Å²) in [5.41, 5.74) is 1.55. The molecule has 10 nitrogen and oxygen atoms in total. The Kier molecular flexibility index (Phi) is 8.85. The van der Waals surface area contributed by atoms with Crippen molar-refractivity contribution in [1.29, 1.82) is 0 Å². The molecule has 2 aromatic carbocycles. The summed E-state index contributed by atoms with van der Waals surface area (Å²) in [6, 6.07) is 17.4. The molecular weight excluding hydrogens is 533 g/mol. The summed E-state index contributed by atoms with van der Waals surface area (Å²) in [7, 11) is 0. The van der Waals surface area contributed by atoms with E-state index in [9.17, 15) is 29.1 Å². The van der Waals surface area contributed by atoms with Crippen molar-refractivity contribution in [3.63, 3.8) is 0 Å². The van der Waals surface area contributed by atoms with Gasteiger partial charge < -0.3 is 24.9 Å². The van der Waals surface area contributed by atoms with E-state index in [0.29, 0.717) is 0 Å². The van der Waals surface area contributed by atoms with E-state index in [1.54, 1.807) is 4.90 Å². The fraction of sp³-hybridized carbons (Fsp3) is 0.296. The van der Waals surface area contributed by atoms with E-state index in [4.69, 9.17) is 4.74 Å². The van der Waals surface area contributed by atoms with Crippen LogP contribution in [0.3, 0.4) is 0 Å². The molecule has 12 heteroatoms. The topological polar surface area (TPSA) is 136 Å². The first-order valence-corrected chi connectivity index (χ1v) is 13.1. The Morgan fingerprint density at radius 1 is 1.00 bits per heavy atom. The zero-order valence-corrected chi connectivity index (χ0v) is 24.2. The Bertz CT molecular complexity index is 1340. The number of hydrogen-bond donors (Lipinski definition) is 1. The fourth-order valence-corrected chi connectivity index (χ4v) is 6.39. The number of aliphatic carboxylic acids is 1. The van der Waals surface area contributed by atoms with Crippen LogP contribution in [0.5, 0.6) is 0 Å². The third kappa shape index (κ3) is 5.49. The van der Waals surface area contributed by atoms with Crippen LogP contribution in [0.1, 0.15) is 24.9 Å². The van der Waals surface area contributed by atoms with Crippen molar-refractivity contribution in [2.45, 2.75) is 30.8 Å². The summed E-state index contributed by atoms with van der Waals surface area (Å²) in [4.78, 5) is 64.7. The van der Waals surface area contributed by atoms with Crippen molar-refractivity contribution in [3.8, 4) is 0 Å². The van der Waals surface area contributed by atoms with Gasteiger partial charge >= 0.3 is 35.5 Å². The predicted octanol–water partition coefficient (Wildman–Crippen LogP) is -2.25. The van der Waals surface area contributed by atoms with Crippen LogP contribution in [0.4, 0.5) is 5.69 Å². The van der Waals surface area contributed by atoms with E-state index in [1.165, 1.54) is 18.7 Å². The number of fused-ring (bicyclic) bond motifs is 1.